The second-order valence-corrected chi connectivity index (χ2v) is 4.94. The van der Waals surface area contributed by atoms with E-state index in [2.05, 4.69) is 22.2 Å². The molecular weight excluding hydrogens is 230 g/mol. The monoisotopic (exact) mass is 245 g/mol. The van der Waals surface area contributed by atoms with Gasteiger partial charge in [0.25, 0.3) is 0 Å². The first kappa shape index (κ1) is 11.1. The summed E-state index contributed by atoms with van der Waals surface area (Å²) in [5, 5.41) is 3.42. The number of rotatable bonds is 3. The van der Waals surface area contributed by atoms with E-state index in [9.17, 15) is 9.59 Å². The van der Waals surface area contributed by atoms with E-state index in [0.29, 0.717) is 17.1 Å². The van der Waals surface area contributed by atoms with Gasteiger partial charge in [-0.2, -0.15) is 0 Å². The number of nitrogens with one attached hydrogen (secondary N) is 3. The lowest BCUT2D eigenvalue weighted by molar-refractivity contribution is 0.694. The Morgan fingerprint density at radius 3 is 2.50 bits per heavy atom. The van der Waals surface area contributed by atoms with E-state index in [-0.39, 0.29) is 0 Å². The summed E-state index contributed by atoms with van der Waals surface area (Å²) in [6.45, 7) is 2.16. The lowest BCUT2D eigenvalue weighted by atomic mass is 10.2. The average Bonchev–Trinajstić information content (AvgIpc) is 3.15. The molecule has 0 amide bonds. The fraction of sp³-hybridized carbons (Fsp3) is 0.385. The highest BCUT2D eigenvalue weighted by Gasteiger charge is 2.27. The molecular formula is C13H15N3O2. The molecule has 3 rings (SSSR count). The summed E-state index contributed by atoms with van der Waals surface area (Å²) in [7, 11) is 0. The van der Waals surface area contributed by atoms with Gasteiger partial charge in [0.15, 0.2) is 0 Å². The lowest BCUT2D eigenvalue weighted by Gasteiger charge is -2.14. The SMILES string of the molecule is CC(Nc1ccc2[nH]c(=O)c(=O)[nH]c2c1)C1CC1. The standard InChI is InChI=1S/C13H15N3O2/c1-7(8-2-3-8)14-9-4-5-10-11(6-9)16-13(18)12(17)15-10/h4-8,14H,2-3H2,1H3,(H,15,17)(H,16,18). The fourth-order valence-corrected chi connectivity index (χ4v) is 2.18. The van der Waals surface area contributed by atoms with Crippen LogP contribution in [0, 0.1) is 5.92 Å². The quantitative estimate of drug-likeness (QED) is 0.716. The summed E-state index contributed by atoms with van der Waals surface area (Å²) < 4.78 is 0. The van der Waals surface area contributed by atoms with Gasteiger partial charge in [-0.1, -0.05) is 0 Å². The Balaban J connectivity index is 1.97. The zero-order chi connectivity index (χ0) is 12.7. The molecule has 1 aromatic heterocycles. The van der Waals surface area contributed by atoms with Crippen LogP contribution < -0.4 is 16.4 Å². The number of anilines is 1. The molecule has 1 heterocycles. The Morgan fingerprint density at radius 2 is 1.83 bits per heavy atom. The number of hydrogen-bond donors (Lipinski definition) is 3. The maximum atomic E-state index is 11.3. The first-order valence-electron chi connectivity index (χ1n) is 6.16. The maximum absolute atomic E-state index is 11.3. The molecule has 1 unspecified atom stereocenters. The van der Waals surface area contributed by atoms with Crippen LogP contribution in [-0.4, -0.2) is 16.0 Å². The second kappa shape index (κ2) is 4.01. The van der Waals surface area contributed by atoms with Crippen molar-refractivity contribution in [3.63, 3.8) is 0 Å². The first-order valence-corrected chi connectivity index (χ1v) is 6.16. The van der Waals surface area contributed by atoms with Gasteiger partial charge in [0.2, 0.25) is 0 Å². The Labute approximate surface area is 103 Å². The van der Waals surface area contributed by atoms with E-state index in [1.807, 2.05) is 12.1 Å². The summed E-state index contributed by atoms with van der Waals surface area (Å²) in [6.07, 6.45) is 2.57. The Morgan fingerprint density at radius 1 is 1.17 bits per heavy atom. The zero-order valence-electron chi connectivity index (χ0n) is 10.1. The molecule has 18 heavy (non-hydrogen) atoms. The van der Waals surface area contributed by atoms with Gasteiger partial charge >= 0.3 is 11.1 Å². The van der Waals surface area contributed by atoms with E-state index in [1.165, 1.54) is 12.8 Å². The number of benzene rings is 1. The zero-order valence-corrected chi connectivity index (χ0v) is 10.1. The highest BCUT2D eigenvalue weighted by atomic mass is 16.2. The Bertz CT molecular complexity index is 697. The van der Waals surface area contributed by atoms with Crippen molar-refractivity contribution < 1.29 is 0 Å². The van der Waals surface area contributed by atoms with Crippen molar-refractivity contribution in [3.8, 4) is 0 Å². The van der Waals surface area contributed by atoms with E-state index in [0.717, 1.165) is 11.6 Å². The van der Waals surface area contributed by atoms with E-state index < -0.39 is 11.1 Å². The summed E-state index contributed by atoms with van der Waals surface area (Å²) >= 11 is 0. The van der Waals surface area contributed by atoms with Crippen molar-refractivity contribution in [2.24, 2.45) is 5.92 Å². The number of aromatic amines is 2. The summed E-state index contributed by atoms with van der Waals surface area (Å²) in [6, 6.07) is 6.01. The molecule has 1 aromatic carbocycles. The summed E-state index contributed by atoms with van der Waals surface area (Å²) in [5.41, 5.74) is 1.02. The topological polar surface area (TPSA) is 77.8 Å². The highest BCUT2D eigenvalue weighted by Crippen LogP contribution is 2.34. The maximum Gasteiger partial charge on any atom is 0.314 e. The molecule has 0 radical (unpaired) electrons. The molecule has 5 heteroatoms. The van der Waals surface area contributed by atoms with Gasteiger partial charge in [0, 0.05) is 11.7 Å². The smallest absolute Gasteiger partial charge is 0.314 e. The number of aromatic nitrogens is 2. The van der Waals surface area contributed by atoms with E-state index in [1.54, 1.807) is 6.07 Å². The number of H-pyrrole nitrogens is 2. The molecule has 0 bridgehead atoms. The van der Waals surface area contributed by atoms with Crippen LogP contribution in [0.15, 0.2) is 27.8 Å². The van der Waals surface area contributed by atoms with Crippen molar-refractivity contribution in [3.05, 3.63) is 38.9 Å². The molecule has 0 spiro atoms. The van der Waals surface area contributed by atoms with Crippen molar-refractivity contribution >= 4 is 16.7 Å². The molecule has 3 N–H and O–H groups in total. The van der Waals surface area contributed by atoms with Gasteiger partial charge in [-0.05, 0) is 43.9 Å². The summed E-state index contributed by atoms with van der Waals surface area (Å²) in [4.78, 5) is 27.6. The van der Waals surface area contributed by atoms with Crippen LogP contribution in [0.2, 0.25) is 0 Å². The average molecular weight is 245 g/mol. The lowest BCUT2D eigenvalue weighted by Crippen LogP contribution is -2.29. The minimum Gasteiger partial charge on any atom is -0.382 e. The normalized spacial score (nSPS) is 16.7. The van der Waals surface area contributed by atoms with E-state index >= 15 is 0 Å². The van der Waals surface area contributed by atoms with Crippen LogP contribution >= 0.6 is 0 Å². The highest BCUT2D eigenvalue weighted by molar-refractivity contribution is 5.78. The van der Waals surface area contributed by atoms with Crippen LogP contribution in [0.5, 0.6) is 0 Å². The van der Waals surface area contributed by atoms with Crippen LogP contribution in [-0.2, 0) is 0 Å². The molecule has 1 aliphatic carbocycles. The minimum absolute atomic E-state index is 0.442. The van der Waals surface area contributed by atoms with Gasteiger partial charge < -0.3 is 15.3 Å². The van der Waals surface area contributed by atoms with Gasteiger partial charge in [0.05, 0.1) is 11.0 Å². The van der Waals surface area contributed by atoms with Crippen LogP contribution in [0.4, 0.5) is 5.69 Å². The molecule has 1 saturated carbocycles. The Kier molecular flexibility index (Phi) is 2.47. The number of hydrogen-bond acceptors (Lipinski definition) is 3. The number of fused-ring (bicyclic) bond motifs is 1. The van der Waals surface area contributed by atoms with Gasteiger partial charge in [0.1, 0.15) is 0 Å². The second-order valence-electron chi connectivity index (χ2n) is 4.94. The van der Waals surface area contributed by atoms with Gasteiger partial charge in [-0.15, -0.1) is 0 Å². The van der Waals surface area contributed by atoms with Crippen LogP contribution in [0.3, 0.4) is 0 Å². The van der Waals surface area contributed by atoms with Crippen molar-refractivity contribution in [2.45, 2.75) is 25.8 Å². The molecule has 0 saturated heterocycles. The predicted octanol–water partition coefficient (Wildman–Crippen LogP) is 1.43. The fourth-order valence-electron chi connectivity index (χ4n) is 2.18. The third-order valence-corrected chi connectivity index (χ3v) is 3.45. The largest absolute Gasteiger partial charge is 0.382 e. The third kappa shape index (κ3) is 2.03. The third-order valence-electron chi connectivity index (χ3n) is 3.45. The molecule has 5 nitrogen and oxygen atoms in total. The van der Waals surface area contributed by atoms with Crippen LogP contribution in [0.25, 0.3) is 11.0 Å². The minimum atomic E-state index is -0.616. The first-order chi connectivity index (χ1) is 8.63. The van der Waals surface area contributed by atoms with Gasteiger partial charge in [-0.3, -0.25) is 9.59 Å². The summed E-state index contributed by atoms with van der Waals surface area (Å²) in [5.74, 6) is 0.760. The molecule has 1 atom stereocenters. The molecule has 2 aromatic rings. The van der Waals surface area contributed by atoms with Crippen molar-refractivity contribution in [1.29, 1.82) is 0 Å². The van der Waals surface area contributed by atoms with Crippen molar-refractivity contribution in [1.82, 2.24) is 9.97 Å². The predicted molar refractivity (Wildman–Crippen MR) is 71.0 cm³/mol. The molecule has 94 valence electrons. The molecule has 0 aliphatic heterocycles. The Hall–Kier alpha value is -2.04. The van der Waals surface area contributed by atoms with Crippen molar-refractivity contribution in [2.75, 3.05) is 5.32 Å². The van der Waals surface area contributed by atoms with E-state index in [4.69, 9.17) is 0 Å². The van der Waals surface area contributed by atoms with Gasteiger partial charge in [-0.25, -0.2) is 0 Å². The molecule has 1 fully saturated rings. The molecule has 1 aliphatic rings. The van der Waals surface area contributed by atoms with Crippen LogP contribution in [0.1, 0.15) is 19.8 Å².